The highest BCUT2D eigenvalue weighted by Crippen LogP contribution is 2.34. The number of nitro groups is 1. The van der Waals surface area contributed by atoms with E-state index in [1.165, 1.54) is 5.56 Å². The predicted octanol–water partition coefficient (Wildman–Crippen LogP) is 3.32. The van der Waals surface area contributed by atoms with Crippen LogP contribution in [-0.2, 0) is 6.42 Å². The lowest BCUT2D eigenvalue weighted by Gasteiger charge is -2.12. The van der Waals surface area contributed by atoms with E-state index in [-0.39, 0.29) is 10.6 Å². The summed E-state index contributed by atoms with van der Waals surface area (Å²) in [5, 5.41) is 13.0. The molecule has 2 aromatic carbocycles. The number of nitro benzene ring substituents is 1. The van der Waals surface area contributed by atoms with Crippen LogP contribution in [-0.4, -0.2) is 4.92 Å². The zero-order chi connectivity index (χ0) is 11.1. The van der Waals surface area contributed by atoms with Crippen LogP contribution in [0.3, 0.4) is 0 Å². The van der Waals surface area contributed by atoms with Gasteiger partial charge in [0.15, 0.2) is 0 Å². The lowest BCUT2D eigenvalue weighted by Crippen LogP contribution is -1.97. The number of benzene rings is 2. The average Bonchev–Trinajstić information content (AvgIpc) is 2.30. The molecule has 0 bridgehead atoms. The van der Waals surface area contributed by atoms with E-state index in [9.17, 15) is 10.1 Å². The van der Waals surface area contributed by atoms with Gasteiger partial charge in [-0.15, -0.1) is 0 Å². The third-order valence-electron chi connectivity index (χ3n) is 2.97. The summed E-state index contributed by atoms with van der Waals surface area (Å²) in [6, 6.07) is 9.41. The molecule has 0 saturated carbocycles. The maximum Gasteiger partial charge on any atom is 0.277 e. The Bertz CT molecular complexity index is 629. The summed E-state index contributed by atoms with van der Waals surface area (Å²) in [7, 11) is 0. The van der Waals surface area contributed by atoms with E-state index in [0.29, 0.717) is 0 Å². The summed E-state index contributed by atoms with van der Waals surface area (Å²) < 4.78 is 0. The van der Waals surface area contributed by atoms with Crippen LogP contribution in [0.15, 0.2) is 36.4 Å². The fourth-order valence-electron chi connectivity index (χ4n) is 2.28. The van der Waals surface area contributed by atoms with Crippen molar-refractivity contribution in [3.05, 3.63) is 57.6 Å². The standard InChI is InChI=1S/C13H9NO2/c15-14(16)12-8-7-10-4-1-3-9-5-2-6-11(12)13(9)10/h1-4,6-8H,5H2. The highest BCUT2D eigenvalue weighted by atomic mass is 16.6. The van der Waals surface area contributed by atoms with E-state index in [2.05, 4.69) is 0 Å². The topological polar surface area (TPSA) is 43.1 Å². The van der Waals surface area contributed by atoms with Crippen molar-refractivity contribution in [1.29, 1.82) is 0 Å². The Balaban J connectivity index is 2.49. The van der Waals surface area contributed by atoms with Gasteiger partial charge in [0.25, 0.3) is 5.69 Å². The molecule has 3 heteroatoms. The Kier molecular flexibility index (Phi) is 1.80. The smallest absolute Gasteiger partial charge is 0.258 e. The predicted molar refractivity (Wildman–Crippen MR) is 63.3 cm³/mol. The molecule has 0 aromatic heterocycles. The van der Waals surface area contributed by atoms with Crippen LogP contribution in [0.5, 0.6) is 0 Å². The van der Waals surface area contributed by atoms with Gasteiger partial charge in [-0.2, -0.15) is 0 Å². The van der Waals surface area contributed by atoms with Crippen molar-refractivity contribution in [2.75, 3.05) is 0 Å². The molecule has 0 unspecified atom stereocenters. The van der Waals surface area contributed by atoms with Crippen molar-refractivity contribution < 1.29 is 4.92 Å². The first-order valence-electron chi connectivity index (χ1n) is 5.13. The van der Waals surface area contributed by atoms with Crippen LogP contribution >= 0.6 is 0 Å². The fourth-order valence-corrected chi connectivity index (χ4v) is 2.28. The normalized spacial score (nSPS) is 13.0. The molecule has 3 nitrogen and oxygen atoms in total. The third kappa shape index (κ3) is 1.15. The van der Waals surface area contributed by atoms with E-state index in [1.807, 2.05) is 36.4 Å². The molecule has 3 rings (SSSR count). The molecule has 1 aliphatic carbocycles. The van der Waals surface area contributed by atoms with Gasteiger partial charge in [-0.05, 0) is 28.8 Å². The minimum absolute atomic E-state index is 0.191. The van der Waals surface area contributed by atoms with Crippen molar-refractivity contribution in [3.63, 3.8) is 0 Å². The third-order valence-corrected chi connectivity index (χ3v) is 2.97. The van der Waals surface area contributed by atoms with Crippen molar-refractivity contribution in [2.45, 2.75) is 6.42 Å². The Labute approximate surface area is 92.2 Å². The molecule has 0 N–H and O–H groups in total. The number of allylic oxidation sites excluding steroid dienone is 1. The zero-order valence-corrected chi connectivity index (χ0v) is 8.51. The summed E-state index contributed by atoms with van der Waals surface area (Å²) in [4.78, 5) is 10.6. The van der Waals surface area contributed by atoms with Gasteiger partial charge in [-0.1, -0.05) is 30.4 Å². The molecule has 0 amide bonds. The van der Waals surface area contributed by atoms with E-state index in [0.717, 1.165) is 22.8 Å². The van der Waals surface area contributed by atoms with E-state index >= 15 is 0 Å². The van der Waals surface area contributed by atoms with E-state index in [1.54, 1.807) is 6.07 Å². The minimum atomic E-state index is -0.318. The highest BCUT2D eigenvalue weighted by molar-refractivity contribution is 5.98. The molecule has 1 aliphatic rings. The van der Waals surface area contributed by atoms with Crippen LogP contribution < -0.4 is 0 Å². The molecule has 0 atom stereocenters. The Morgan fingerprint density at radius 3 is 2.88 bits per heavy atom. The SMILES string of the molecule is O=[N+]([O-])c1ccc2cccc3c2c1C=CC3. The molecule has 0 spiro atoms. The molecule has 16 heavy (non-hydrogen) atoms. The van der Waals surface area contributed by atoms with Crippen LogP contribution in [0.25, 0.3) is 16.8 Å². The monoisotopic (exact) mass is 211 g/mol. The molecular formula is C13H9NO2. The van der Waals surface area contributed by atoms with Crippen molar-refractivity contribution in [3.8, 4) is 0 Å². The first-order valence-corrected chi connectivity index (χ1v) is 5.13. The van der Waals surface area contributed by atoms with Gasteiger partial charge in [0.05, 0.1) is 10.5 Å². The Hall–Kier alpha value is -2.16. The quantitative estimate of drug-likeness (QED) is 0.536. The van der Waals surface area contributed by atoms with Crippen molar-refractivity contribution >= 4 is 22.5 Å². The molecule has 0 saturated heterocycles. The summed E-state index contributed by atoms with van der Waals surface area (Å²) in [5.41, 5.74) is 2.10. The Morgan fingerprint density at radius 1 is 1.19 bits per heavy atom. The zero-order valence-electron chi connectivity index (χ0n) is 8.51. The average molecular weight is 211 g/mol. The minimum Gasteiger partial charge on any atom is -0.258 e. The van der Waals surface area contributed by atoms with Gasteiger partial charge in [0.2, 0.25) is 0 Å². The van der Waals surface area contributed by atoms with E-state index in [4.69, 9.17) is 0 Å². The number of nitrogens with zero attached hydrogens (tertiary/aromatic N) is 1. The molecule has 0 heterocycles. The van der Waals surface area contributed by atoms with Crippen LogP contribution in [0, 0.1) is 10.1 Å². The first-order chi connectivity index (χ1) is 7.77. The number of hydrogen-bond acceptors (Lipinski definition) is 2. The summed E-state index contributed by atoms with van der Waals surface area (Å²) in [6.07, 6.45) is 4.68. The second kappa shape index (κ2) is 3.17. The lowest BCUT2D eigenvalue weighted by atomic mass is 9.92. The second-order valence-electron chi connectivity index (χ2n) is 3.88. The second-order valence-corrected chi connectivity index (χ2v) is 3.88. The molecular weight excluding hydrogens is 202 g/mol. The van der Waals surface area contributed by atoms with Gasteiger partial charge >= 0.3 is 0 Å². The van der Waals surface area contributed by atoms with Crippen LogP contribution in [0.4, 0.5) is 5.69 Å². The Morgan fingerprint density at radius 2 is 2.06 bits per heavy atom. The van der Waals surface area contributed by atoms with Crippen molar-refractivity contribution in [1.82, 2.24) is 0 Å². The van der Waals surface area contributed by atoms with Gasteiger partial charge in [0.1, 0.15) is 0 Å². The highest BCUT2D eigenvalue weighted by Gasteiger charge is 2.18. The maximum absolute atomic E-state index is 10.9. The summed E-state index contributed by atoms with van der Waals surface area (Å²) in [6.45, 7) is 0. The van der Waals surface area contributed by atoms with Crippen LogP contribution in [0.1, 0.15) is 11.1 Å². The molecule has 0 radical (unpaired) electrons. The molecule has 0 fully saturated rings. The maximum atomic E-state index is 10.9. The first kappa shape index (κ1) is 9.09. The number of rotatable bonds is 1. The number of hydrogen-bond donors (Lipinski definition) is 0. The van der Waals surface area contributed by atoms with Crippen LogP contribution in [0.2, 0.25) is 0 Å². The molecule has 2 aromatic rings. The van der Waals surface area contributed by atoms with E-state index < -0.39 is 0 Å². The molecule has 0 aliphatic heterocycles. The fraction of sp³-hybridized carbons (Fsp3) is 0.0769. The van der Waals surface area contributed by atoms with Gasteiger partial charge in [-0.25, -0.2) is 0 Å². The summed E-state index contributed by atoms with van der Waals surface area (Å²) in [5.74, 6) is 0. The van der Waals surface area contributed by atoms with Gasteiger partial charge in [0, 0.05) is 6.07 Å². The summed E-state index contributed by atoms with van der Waals surface area (Å²) >= 11 is 0. The molecule has 78 valence electrons. The van der Waals surface area contributed by atoms with Gasteiger partial charge in [-0.3, -0.25) is 10.1 Å². The van der Waals surface area contributed by atoms with Crippen molar-refractivity contribution in [2.24, 2.45) is 0 Å². The van der Waals surface area contributed by atoms with Gasteiger partial charge < -0.3 is 0 Å². The lowest BCUT2D eigenvalue weighted by molar-refractivity contribution is -0.384. The largest absolute Gasteiger partial charge is 0.277 e.